The third-order valence-corrected chi connectivity index (χ3v) is 3.95. The van der Waals surface area contributed by atoms with Gasteiger partial charge in [-0.1, -0.05) is 19.3 Å². The molecule has 26 heavy (non-hydrogen) atoms. The molecule has 3 N–H and O–H groups in total. The summed E-state index contributed by atoms with van der Waals surface area (Å²) in [7, 11) is 0. The molecule has 0 aliphatic heterocycles. The maximum absolute atomic E-state index is 12.1. The maximum atomic E-state index is 12.1. The number of hydrogen-bond acceptors (Lipinski definition) is 3. The number of carbonyl (C=O) groups excluding carboxylic acids is 2. The molecule has 0 unspecified atom stereocenters. The van der Waals surface area contributed by atoms with E-state index in [2.05, 4.69) is 20.7 Å². The van der Waals surface area contributed by atoms with E-state index in [0.29, 0.717) is 5.69 Å². The van der Waals surface area contributed by atoms with Crippen LogP contribution in [0.15, 0.2) is 24.3 Å². The zero-order valence-corrected chi connectivity index (χ0v) is 14.2. The van der Waals surface area contributed by atoms with E-state index in [1.54, 1.807) is 0 Å². The molecule has 1 fully saturated rings. The lowest BCUT2D eigenvalue weighted by atomic mass is 9.96. The van der Waals surface area contributed by atoms with Crippen molar-refractivity contribution >= 4 is 17.6 Å². The summed E-state index contributed by atoms with van der Waals surface area (Å²) in [5.41, 5.74) is 0.344. The molecule has 144 valence electrons. The van der Waals surface area contributed by atoms with Crippen LogP contribution in [0.4, 0.5) is 23.7 Å². The minimum atomic E-state index is -4.76. The third-order valence-electron chi connectivity index (χ3n) is 3.95. The minimum Gasteiger partial charge on any atom is -0.406 e. The van der Waals surface area contributed by atoms with E-state index in [9.17, 15) is 22.8 Å². The molecule has 0 spiro atoms. The molecule has 0 aromatic heterocycles. The van der Waals surface area contributed by atoms with E-state index in [1.807, 2.05) is 0 Å². The zero-order chi connectivity index (χ0) is 19.0. The highest BCUT2D eigenvalue weighted by Gasteiger charge is 2.30. The van der Waals surface area contributed by atoms with E-state index in [-0.39, 0.29) is 36.7 Å². The Morgan fingerprint density at radius 1 is 1.08 bits per heavy atom. The predicted molar refractivity (Wildman–Crippen MR) is 89.8 cm³/mol. The Hall–Kier alpha value is -2.45. The van der Waals surface area contributed by atoms with Gasteiger partial charge >= 0.3 is 12.4 Å². The number of ether oxygens (including phenoxy) is 1. The minimum absolute atomic E-state index is 0.0545. The second-order valence-corrected chi connectivity index (χ2v) is 6.11. The molecule has 9 heteroatoms. The average Bonchev–Trinajstić information content (AvgIpc) is 2.56. The fraction of sp³-hybridized carbons (Fsp3) is 0.529. The van der Waals surface area contributed by atoms with E-state index >= 15 is 0 Å². The van der Waals surface area contributed by atoms with Gasteiger partial charge in [-0.05, 0) is 37.1 Å². The summed E-state index contributed by atoms with van der Waals surface area (Å²) >= 11 is 0. The van der Waals surface area contributed by atoms with E-state index < -0.39 is 6.36 Å². The van der Waals surface area contributed by atoms with Gasteiger partial charge in [0.15, 0.2) is 0 Å². The van der Waals surface area contributed by atoms with Crippen molar-refractivity contribution in [2.75, 3.05) is 11.9 Å². The molecule has 1 aliphatic rings. The Kier molecular flexibility index (Phi) is 7.11. The maximum Gasteiger partial charge on any atom is 0.573 e. The van der Waals surface area contributed by atoms with Gasteiger partial charge in [-0.3, -0.25) is 4.79 Å². The van der Waals surface area contributed by atoms with E-state index in [0.717, 1.165) is 37.8 Å². The fourth-order valence-corrected chi connectivity index (χ4v) is 2.74. The Labute approximate surface area is 149 Å². The van der Waals surface area contributed by atoms with Crippen LogP contribution in [0.2, 0.25) is 0 Å². The Morgan fingerprint density at radius 2 is 1.73 bits per heavy atom. The van der Waals surface area contributed by atoms with Gasteiger partial charge < -0.3 is 20.7 Å². The molecule has 1 aromatic carbocycles. The number of carbonyl (C=O) groups is 2. The van der Waals surface area contributed by atoms with Crippen molar-refractivity contribution in [3.05, 3.63) is 24.3 Å². The lowest BCUT2D eigenvalue weighted by Crippen LogP contribution is -2.43. The van der Waals surface area contributed by atoms with Crippen LogP contribution in [0.3, 0.4) is 0 Å². The molecule has 2 rings (SSSR count). The molecule has 3 amide bonds. The quantitative estimate of drug-likeness (QED) is 0.714. The highest BCUT2D eigenvalue weighted by molar-refractivity contribution is 5.91. The number of benzene rings is 1. The first-order valence-electron chi connectivity index (χ1n) is 8.52. The topological polar surface area (TPSA) is 79.5 Å². The Balaban J connectivity index is 1.65. The van der Waals surface area contributed by atoms with Crippen molar-refractivity contribution in [3.8, 4) is 5.75 Å². The molecular formula is C17H22F3N3O3. The van der Waals surface area contributed by atoms with Crippen molar-refractivity contribution in [1.29, 1.82) is 0 Å². The van der Waals surface area contributed by atoms with Crippen LogP contribution in [-0.2, 0) is 4.79 Å². The van der Waals surface area contributed by atoms with Crippen molar-refractivity contribution in [2.45, 2.75) is 50.9 Å². The van der Waals surface area contributed by atoms with Crippen molar-refractivity contribution in [2.24, 2.45) is 0 Å². The molecule has 1 aromatic rings. The summed E-state index contributed by atoms with van der Waals surface area (Å²) in [4.78, 5) is 23.5. The van der Waals surface area contributed by atoms with Gasteiger partial charge in [-0.2, -0.15) is 0 Å². The molecule has 1 aliphatic carbocycles. The summed E-state index contributed by atoms with van der Waals surface area (Å²) in [5, 5.41) is 8.04. The molecule has 0 radical (unpaired) electrons. The summed E-state index contributed by atoms with van der Waals surface area (Å²) in [6.07, 6.45) is 0.668. The molecule has 0 heterocycles. The van der Waals surface area contributed by atoms with Crippen LogP contribution in [0, 0.1) is 0 Å². The summed E-state index contributed by atoms with van der Waals surface area (Å²) in [6, 6.07) is 4.73. The first-order chi connectivity index (χ1) is 12.3. The lowest BCUT2D eigenvalue weighted by molar-refractivity contribution is -0.274. The number of halogens is 3. The van der Waals surface area contributed by atoms with Crippen LogP contribution in [0.5, 0.6) is 5.75 Å². The Morgan fingerprint density at radius 3 is 2.35 bits per heavy atom. The average molecular weight is 373 g/mol. The lowest BCUT2D eigenvalue weighted by Gasteiger charge is -2.22. The molecule has 0 saturated heterocycles. The number of amides is 3. The highest BCUT2D eigenvalue weighted by Crippen LogP contribution is 2.24. The van der Waals surface area contributed by atoms with Gasteiger partial charge in [-0.15, -0.1) is 13.2 Å². The predicted octanol–water partition coefficient (Wildman–Crippen LogP) is 3.55. The monoisotopic (exact) mass is 373 g/mol. The number of hydrogen-bond donors (Lipinski definition) is 3. The third kappa shape index (κ3) is 7.62. The van der Waals surface area contributed by atoms with Crippen LogP contribution in [0.1, 0.15) is 38.5 Å². The number of nitrogens with one attached hydrogen (secondary N) is 3. The van der Waals surface area contributed by atoms with E-state index in [1.165, 1.54) is 18.6 Å². The number of alkyl halides is 3. The SMILES string of the molecule is O=C(CCNC(=O)NC1CCCCC1)Nc1ccc(OC(F)(F)F)cc1. The number of rotatable bonds is 6. The van der Waals surface area contributed by atoms with Crippen LogP contribution in [0.25, 0.3) is 0 Å². The van der Waals surface area contributed by atoms with Crippen molar-refractivity contribution < 1.29 is 27.5 Å². The smallest absolute Gasteiger partial charge is 0.406 e. The molecule has 1 saturated carbocycles. The van der Waals surface area contributed by atoms with Gasteiger partial charge in [0.05, 0.1) is 0 Å². The molecule has 0 atom stereocenters. The van der Waals surface area contributed by atoms with Gasteiger partial charge in [0.25, 0.3) is 0 Å². The largest absolute Gasteiger partial charge is 0.573 e. The summed E-state index contributed by atoms with van der Waals surface area (Å²) in [5.74, 6) is -0.719. The van der Waals surface area contributed by atoms with Gasteiger partial charge in [0, 0.05) is 24.7 Å². The molecule has 0 bridgehead atoms. The van der Waals surface area contributed by atoms with Crippen LogP contribution >= 0.6 is 0 Å². The summed E-state index contributed by atoms with van der Waals surface area (Å²) < 4.78 is 40.0. The summed E-state index contributed by atoms with van der Waals surface area (Å²) in [6.45, 7) is 0.166. The first-order valence-corrected chi connectivity index (χ1v) is 8.52. The highest BCUT2D eigenvalue weighted by atomic mass is 19.4. The zero-order valence-electron chi connectivity index (χ0n) is 14.2. The second kappa shape index (κ2) is 9.30. The van der Waals surface area contributed by atoms with Gasteiger partial charge in [0.2, 0.25) is 5.91 Å². The standard InChI is InChI=1S/C17H22F3N3O3/c18-17(19,20)26-14-8-6-13(7-9-14)22-15(24)10-11-21-16(25)23-12-4-2-1-3-5-12/h6-9,12H,1-5,10-11H2,(H,22,24)(H2,21,23,25). The normalized spacial score (nSPS) is 15.2. The van der Waals surface area contributed by atoms with Gasteiger partial charge in [-0.25, -0.2) is 4.79 Å². The fourth-order valence-electron chi connectivity index (χ4n) is 2.74. The molecular weight excluding hydrogens is 351 g/mol. The Bertz CT molecular complexity index is 600. The van der Waals surface area contributed by atoms with Crippen LogP contribution < -0.4 is 20.7 Å². The molecule has 6 nitrogen and oxygen atoms in total. The first kappa shape index (κ1) is 19.9. The van der Waals surface area contributed by atoms with Crippen molar-refractivity contribution in [3.63, 3.8) is 0 Å². The number of anilines is 1. The number of urea groups is 1. The van der Waals surface area contributed by atoms with E-state index in [4.69, 9.17) is 0 Å². The van der Waals surface area contributed by atoms with Crippen molar-refractivity contribution in [1.82, 2.24) is 10.6 Å². The van der Waals surface area contributed by atoms with Crippen LogP contribution in [-0.4, -0.2) is 30.9 Å². The van der Waals surface area contributed by atoms with Gasteiger partial charge in [0.1, 0.15) is 5.75 Å². The second-order valence-electron chi connectivity index (χ2n) is 6.11.